The van der Waals surface area contributed by atoms with Gasteiger partial charge in [-0.05, 0) is 39.0 Å². The minimum absolute atomic E-state index is 0.00298. The second-order valence-electron chi connectivity index (χ2n) is 5.67. The minimum Gasteiger partial charge on any atom is -0.377 e. The van der Waals surface area contributed by atoms with Crippen molar-refractivity contribution in [1.82, 2.24) is 19.7 Å². The number of nitrogens with zero attached hydrogens (tertiary/aromatic N) is 4. The SMILES string of the molecule is Cc1cc(C)n(-c2ccc(C(=O)N3CCOC[C@H]3C)cn2)n1. The van der Waals surface area contributed by atoms with Crippen molar-refractivity contribution < 1.29 is 9.53 Å². The van der Waals surface area contributed by atoms with Gasteiger partial charge in [0.05, 0.1) is 30.5 Å². The highest BCUT2D eigenvalue weighted by atomic mass is 16.5. The van der Waals surface area contributed by atoms with Crippen LogP contribution in [0.1, 0.15) is 28.7 Å². The van der Waals surface area contributed by atoms with Crippen LogP contribution >= 0.6 is 0 Å². The average molecular weight is 300 g/mol. The van der Waals surface area contributed by atoms with Crippen LogP contribution < -0.4 is 0 Å². The Balaban J connectivity index is 1.82. The molecule has 1 aliphatic rings. The van der Waals surface area contributed by atoms with E-state index in [1.165, 1.54) is 0 Å². The van der Waals surface area contributed by atoms with Crippen molar-refractivity contribution in [2.45, 2.75) is 26.8 Å². The van der Waals surface area contributed by atoms with Gasteiger partial charge in [0.1, 0.15) is 0 Å². The summed E-state index contributed by atoms with van der Waals surface area (Å²) in [6.45, 7) is 7.72. The van der Waals surface area contributed by atoms with Crippen molar-refractivity contribution in [2.24, 2.45) is 0 Å². The summed E-state index contributed by atoms with van der Waals surface area (Å²) in [5.41, 5.74) is 2.56. The van der Waals surface area contributed by atoms with E-state index < -0.39 is 0 Å². The van der Waals surface area contributed by atoms with Crippen LogP contribution in [0.5, 0.6) is 0 Å². The van der Waals surface area contributed by atoms with Gasteiger partial charge in [-0.25, -0.2) is 9.67 Å². The molecule has 0 spiro atoms. The summed E-state index contributed by atoms with van der Waals surface area (Å²) < 4.78 is 7.15. The maximum absolute atomic E-state index is 12.5. The molecule has 1 fully saturated rings. The van der Waals surface area contributed by atoms with E-state index in [0.717, 1.165) is 17.2 Å². The van der Waals surface area contributed by atoms with Crippen LogP contribution in [0, 0.1) is 13.8 Å². The van der Waals surface area contributed by atoms with Gasteiger partial charge in [-0.3, -0.25) is 4.79 Å². The Morgan fingerprint density at radius 2 is 2.18 bits per heavy atom. The Kier molecular flexibility index (Phi) is 3.94. The van der Waals surface area contributed by atoms with Gasteiger partial charge in [0.2, 0.25) is 0 Å². The molecule has 0 radical (unpaired) electrons. The molecule has 1 atom stereocenters. The van der Waals surface area contributed by atoms with Crippen LogP contribution in [0.3, 0.4) is 0 Å². The number of hydrogen-bond acceptors (Lipinski definition) is 4. The summed E-state index contributed by atoms with van der Waals surface area (Å²) in [5, 5.41) is 4.40. The molecule has 3 rings (SSSR count). The molecule has 6 heteroatoms. The van der Waals surface area contributed by atoms with Gasteiger partial charge < -0.3 is 9.64 Å². The third-order valence-corrected chi connectivity index (χ3v) is 3.85. The molecule has 1 amide bonds. The van der Waals surface area contributed by atoms with E-state index in [2.05, 4.69) is 10.1 Å². The molecule has 1 aliphatic heterocycles. The van der Waals surface area contributed by atoms with Crippen LogP contribution in [-0.2, 0) is 4.74 Å². The molecule has 2 aromatic rings. The number of ether oxygens (including phenoxy) is 1. The second kappa shape index (κ2) is 5.88. The van der Waals surface area contributed by atoms with E-state index in [0.29, 0.717) is 25.3 Å². The number of aryl methyl sites for hydroxylation is 2. The molecule has 2 aromatic heterocycles. The first-order chi connectivity index (χ1) is 10.6. The lowest BCUT2D eigenvalue weighted by Gasteiger charge is -2.33. The van der Waals surface area contributed by atoms with Crippen LogP contribution in [0.2, 0.25) is 0 Å². The van der Waals surface area contributed by atoms with Crippen molar-refractivity contribution in [1.29, 1.82) is 0 Å². The fraction of sp³-hybridized carbons (Fsp3) is 0.438. The van der Waals surface area contributed by atoms with E-state index in [9.17, 15) is 4.79 Å². The molecule has 0 saturated carbocycles. The normalized spacial score (nSPS) is 18.5. The summed E-state index contributed by atoms with van der Waals surface area (Å²) in [7, 11) is 0. The van der Waals surface area contributed by atoms with Crippen LogP contribution in [-0.4, -0.2) is 51.4 Å². The highest BCUT2D eigenvalue weighted by molar-refractivity contribution is 5.94. The topological polar surface area (TPSA) is 60.2 Å². The molecule has 6 nitrogen and oxygen atoms in total. The maximum Gasteiger partial charge on any atom is 0.255 e. The minimum atomic E-state index is 0.00298. The molecule has 0 unspecified atom stereocenters. The van der Waals surface area contributed by atoms with Crippen LogP contribution in [0.4, 0.5) is 0 Å². The molecule has 22 heavy (non-hydrogen) atoms. The van der Waals surface area contributed by atoms with E-state index in [4.69, 9.17) is 4.74 Å². The molecule has 3 heterocycles. The highest BCUT2D eigenvalue weighted by Crippen LogP contribution is 2.14. The monoisotopic (exact) mass is 300 g/mol. The number of aromatic nitrogens is 3. The molecular formula is C16H20N4O2. The maximum atomic E-state index is 12.5. The van der Waals surface area contributed by atoms with Crippen LogP contribution in [0.25, 0.3) is 5.82 Å². The fourth-order valence-electron chi connectivity index (χ4n) is 2.69. The Bertz CT molecular complexity index is 678. The lowest BCUT2D eigenvalue weighted by molar-refractivity contribution is 0.00357. The first kappa shape index (κ1) is 14.7. The second-order valence-corrected chi connectivity index (χ2v) is 5.67. The molecule has 1 saturated heterocycles. The van der Waals surface area contributed by atoms with Gasteiger partial charge in [-0.15, -0.1) is 0 Å². The van der Waals surface area contributed by atoms with Crippen molar-refractivity contribution >= 4 is 5.91 Å². The zero-order valence-electron chi connectivity index (χ0n) is 13.1. The predicted molar refractivity (Wildman–Crippen MR) is 82.2 cm³/mol. The van der Waals surface area contributed by atoms with Gasteiger partial charge >= 0.3 is 0 Å². The highest BCUT2D eigenvalue weighted by Gasteiger charge is 2.24. The van der Waals surface area contributed by atoms with Crippen LogP contribution in [0.15, 0.2) is 24.4 Å². The quantitative estimate of drug-likeness (QED) is 0.847. The summed E-state index contributed by atoms with van der Waals surface area (Å²) >= 11 is 0. The van der Waals surface area contributed by atoms with Gasteiger partial charge in [0.15, 0.2) is 5.82 Å². The number of pyridine rings is 1. The summed E-state index contributed by atoms with van der Waals surface area (Å²) in [6, 6.07) is 5.73. The lowest BCUT2D eigenvalue weighted by atomic mass is 10.2. The molecule has 0 aliphatic carbocycles. The van der Waals surface area contributed by atoms with Crippen molar-refractivity contribution in [3.63, 3.8) is 0 Å². The Morgan fingerprint density at radius 1 is 1.36 bits per heavy atom. The molecule has 0 N–H and O–H groups in total. The van der Waals surface area contributed by atoms with Gasteiger partial charge in [0.25, 0.3) is 5.91 Å². The third-order valence-electron chi connectivity index (χ3n) is 3.85. The summed E-state index contributed by atoms with van der Waals surface area (Å²) in [5.74, 6) is 0.723. The number of hydrogen-bond donors (Lipinski definition) is 0. The van der Waals surface area contributed by atoms with Crippen molar-refractivity contribution in [2.75, 3.05) is 19.8 Å². The zero-order chi connectivity index (χ0) is 15.7. The van der Waals surface area contributed by atoms with Crippen molar-refractivity contribution in [3.05, 3.63) is 41.3 Å². The predicted octanol–water partition coefficient (Wildman–Crippen LogP) is 1.75. The summed E-state index contributed by atoms with van der Waals surface area (Å²) in [4.78, 5) is 18.8. The number of carbonyl (C=O) groups excluding carboxylic acids is 1. The Morgan fingerprint density at radius 3 is 2.77 bits per heavy atom. The Labute approximate surface area is 129 Å². The van der Waals surface area contributed by atoms with Crippen molar-refractivity contribution in [3.8, 4) is 5.82 Å². The standard InChI is InChI=1S/C16H20N4O2/c1-11-8-12(2)20(18-11)15-5-4-14(9-17-15)16(21)19-6-7-22-10-13(19)3/h4-5,8-9,13H,6-7,10H2,1-3H3/t13-/m1/s1. The summed E-state index contributed by atoms with van der Waals surface area (Å²) in [6.07, 6.45) is 1.62. The number of rotatable bonds is 2. The zero-order valence-corrected chi connectivity index (χ0v) is 13.1. The number of morpholine rings is 1. The van der Waals surface area contributed by atoms with E-state index in [1.807, 2.05) is 43.9 Å². The van der Waals surface area contributed by atoms with Gasteiger partial charge in [-0.1, -0.05) is 0 Å². The average Bonchev–Trinajstić information content (AvgIpc) is 2.86. The third kappa shape index (κ3) is 2.74. The molecule has 0 bridgehead atoms. The first-order valence-electron chi connectivity index (χ1n) is 7.44. The molecule has 116 valence electrons. The largest absolute Gasteiger partial charge is 0.377 e. The van der Waals surface area contributed by atoms with E-state index in [1.54, 1.807) is 10.9 Å². The fourth-order valence-corrected chi connectivity index (χ4v) is 2.69. The number of carbonyl (C=O) groups is 1. The molecule has 0 aromatic carbocycles. The lowest BCUT2D eigenvalue weighted by Crippen LogP contribution is -2.47. The van der Waals surface area contributed by atoms with E-state index in [-0.39, 0.29) is 11.9 Å². The first-order valence-corrected chi connectivity index (χ1v) is 7.44. The molecular weight excluding hydrogens is 280 g/mol. The van der Waals surface area contributed by atoms with E-state index >= 15 is 0 Å². The van der Waals surface area contributed by atoms with Gasteiger partial charge in [-0.2, -0.15) is 5.10 Å². The smallest absolute Gasteiger partial charge is 0.255 e. The Hall–Kier alpha value is -2.21. The number of amides is 1. The van der Waals surface area contributed by atoms with Gasteiger partial charge in [0, 0.05) is 18.4 Å².